The summed E-state index contributed by atoms with van der Waals surface area (Å²) in [4.78, 5) is 35.6. The molecule has 0 bridgehead atoms. The monoisotopic (exact) mass is 652 g/mol. The highest BCUT2D eigenvalue weighted by atomic mass is 35.5. The minimum Gasteiger partial charge on any atom is -0.462 e. The molecule has 2 aromatic heterocycles. The SMILES string of the molecule is CC(C)OC(=O)[C@H](C)N[P@@](=O)(OCCSC(=O)C(C)(C)CO)OC[C@H]1O[C@@H](n2cnc3c(N)ncnc32)[C@](C)(Cl)[C@@H]1O. The first kappa shape index (κ1) is 34.6. The van der Waals surface area contributed by atoms with E-state index in [1.54, 1.807) is 34.6 Å². The number of aliphatic hydroxyl groups is 2. The number of alkyl halides is 1. The third-order valence-electron chi connectivity index (χ3n) is 6.35. The van der Waals surface area contributed by atoms with Crippen LogP contribution in [0.25, 0.3) is 11.2 Å². The van der Waals surface area contributed by atoms with Gasteiger partial charge in [-0.2, -0.15) is 0 Å². The number of carbonyl (C=O) groups is 2. The minimum atomic E-state index is -4.24. The van der Waals surface area contributed by atoms with Gasteiger partial charge in [0.05, 0.1) is 37.7 Å². The second kappa shape index (κ2) is 13.8. The first-order valence-corrected chi connectivity index (χ1v) is 16.0. The van der Waals surface area contributed by atoms with Crippen LogP contribution >= 0.6 is 31.1 Å². The van der Waals surface area contributed by atoms with Gasteiger partial charge in [-0.15, -0.1) is 11.6 Å². The number of rotatable bonds is 14. The van der Waals surface area contributed by atoms with Crippen molar-refractivity contribution in [3.63, 3.8) is 0 Å². The van der Waals surface area contributed by atoms with E-state index in [9.17, 15) is 24.4 Å². The molecule has 0 radical (unpaired) electrons. The zero-order chi connectivity index (χ0) is 31.5. The molecule has 1 aliphatic rings. The Morgan fingerprint density at radius 2 is 2.00 bits per heavy atom. The Hall–Kier alpha value is -1.88. The molecule has 1 aliphatic heterocycles. The summed E-state index contributed by atoms with van der Waals surface area (Å²) in [6.07, 6.45) is -1.13. The Balaban J connectivity index is 1.74. The molecule has 0 unspecified atom stereocenters. The lowest BCUT2D eigenvalue weighted by Crippen LogP contribution is -2.40. The van der Waals surface area contributed by atoms with E-state index in [0.717, 1.165) is 11.8 Å². The minimum absolute atomic E-state index is 0.0885. The molecule has 5 N–H and O–H groups in total. The lowest BCUT2D eigenvalue weighted by molar-refractivity contribution is -0.149. The van der Waals surface area contributed by atoms with Gasteiger partial charge in [0.2, 0.25) is 0 Å². The molecule has 1 saturated heterocycles. The molecule has 236 valence electrons. The summed E-state index contributed by atoms with van der Waals surface area (Å²) in [5, 5.41) is 22.7. The maximum atomic E-state index is 13.7. The number of nitrogens with zero attached hydrogens (tertiary/aromatic N) is 4. The molecule has 1 fully saturated rings. The van der Waals surface area contributed by atoms with Crippen LogP contribution in [0, 0.1) is 5.41 Å². The fourth-order valence-electron chi connectivity index (χ4n) is 3.85. The number of nitrogens with one attached hydrogen (secondary N) is 1. The topological polar surface area (TPSA) is 210 Å². The standard InChI is InChI=1S/C24H38ClN6O9PS/c1-13(2)39-20(34)14(3)30-41(36,37-7-8-42-22(35)23(4,5)10-32)38-9-15-17(33)24(6,25)21(40-15)31-12-29-16-18(26)27-11-28-19(16)31/h11-15,17,21,32-33H,7-10H2,1-6H3,(H,30,36)(H2,26,27,28)/t14-,15+,17+,21+,24+,41+/m0/s1. The normalized spacial score (nSPS) is 25.0. The second-order valence-electron chi connectivity index (χ2n) is 10.8. The number of aromatic nitrogens is 4. The molecule has 0 saturated carbocycles. The van der Waals surface area contributed by atoms with E-state index in [1.807, 2.05) is 0 Å². The van der Waals surface area contributed by atoms with E-state index in [1.165, 1.54) is 24.1 Å². The van der Waals surface area contributed by atoms with Crippen molar-refractivity contribution >= 4 is 59.2 Å². The molecule has 42 heavy (non-hydrogen) atoms. The fraction of sp³-hybridized carbons (Fsp3) is 0.708. The average Bonchev–Trinajstić information content (AvgIpc) is 3.44. The molecule has 2 aromatic rings. The number of imidazole rings is 1. The van der Waals surface area contributed by atoms with Gasteiger partial charge < -0.3 is 25.4 Å². The second-order valence-corrected chi connectivity index (χ2v) is 14.5. The van der Waals surface area contributed by atoms with Crippen LogP contribution < -0.4 is 10.8 Å². The largest absolute Gasteiger partial charge is 0.462 e. The van der Waals surface area contributed by atoms with Crippen LogP contribution in [0.3, 0.4) is 0 Å². The number of nitrogens with two attached hydrogens (primary N) is 1. The van der Waals surface area contributed by atoms with Crippen LogP contribution in [0.2, 0.25) is 0 Å². The van der Waals surface area contributed by atoms with Gasteiger partial charge in [0.1, 0.15) is 35.0 Å². The Morgan fingerprint density at radius 3 is 2.64 bits per heavy atom. The number of fused-ring (bicyclic) bond motifs is 1. The summed E-state index contributed by atoms with van der Waals surface area (Å²) in [7, 11) is -4.24. The zero-order valence-electron chi connectivity index (χ0n) is 24.2. The van der Waals surface area contributed by atoms with Crippen LogP contribution in [0.1, 0.15) is 47.8 Å². The fourth-order valence-corrected chi connectivity index (χ4v) is 6.56. The summed E-state index contributed by atoms with van der Waals surface area (Å²) in [6.45, 7) is 8.52. The van der Waals surface area contributed by atoms with Crippen LogP contribution in [0.5, 0.6) is 0 Å². The van der Waals surface area contributed by atoms with Gasteiger partial charge in [-0.25, -0.2) is 24.6 Å². The Labute approximate surface area is 252 Å². The molecule has 18 heteroatoms. The quantitative estimate of drug-likeness (QED) is 0.0995. The molecular weight excluding hydrogens is 615 g/mol. The highest BCUT2D eigenvalue weighted by molar-refractivity contribution is 8.13. The summed E-state index contributed by atoms with van der Waals surface area (Å²) < 4.78 is 37.6. The van der Waals surface area contributed by atoms with E-state index in [-0.39, 0.29) is 29.9 Å². The van der Waals surface area contributed by atoms with E-state index in [4.69, 9.17) is 35.9 Å². The predicted molar refractivity (Wildman–Crippen MR) is 156 cm³/mol. The van der Waals surface area contributed by atoms with Gasteiger partial charge in [0.25, 0.3) is 0 Å². The third kappa shape index (κ3) is 7.98. The number of ether oxygens (including phenoxy) is 2. The smallest absolute Gasteiger partial charge is 0.406 e. The van der Waals surface area contributed by atoms with E-state index >= 15 is 0 Å². The number of hydrogen-bond donors (Lipinski definition) is 4. The number of halogens is 1. The van der Waals surface area contributed by atoms with Crippen molar-refractivity contribution in [1.29, 1.82) is 0 Å². The number of thioether (sulfide) groups is 1. The number of hydrogen-bond acceptors (Lipinski definition) is 14. The summed E-state index contributed by atoms with van der Waals surface area (Å²) in [5.41, 5.74) is 5.58. The average molecular weight is 653 g/mol. The number of aliphatic hydroxyl groups excluding tert-OH is 2. The highest BCUT2D eigenvalue weighted by Crippen LogP contribution is 2.48. The molecule has 3 rings (SSSR count). The van der Waals surface area contributed by atoms with Crippen molar-refractivity contribution < 1.29 is 42.9 Å². The number of carbonyl (C=O) groups excluding carboxylic acids is 2. The number of esters is 1. The van der Waals surface area contributed by atoms with E-state index < -0.39 is 61.2 Å². The van der Waals surface area contributed by atoms with Gasteiger partial charge in [-0.05, 0) is 41.5 Å². The molecule has 3 heterocycles. The molecular formula is C24H38ClN6O9PS. The van der Waals surface area contributed by atoms with Crippen molar-refractivity contribution in [3.8, 4) is 0 Å². The summed E-state index contributed by atoms with van der Waals surface area (Å²) in [6, 6.07) is -1.09. The highest BCUT2D eigenvalue weighted by Gasteiger charge is 2.54. The lowest BCUT2D eigenvalue weighted by Gasteiger charge is -2.26. The van der Waals surface area contributed by atoms with Gasteiger partial charge >= 0.3 is 13.7 Å². The molecule has 0 amide bonds. The molecule has 0 aliphatic carbocycles. The van der Waals surface area contributed by atoms with Crippen molar-refractivity contribution in [3.05, 3.63) is 12.7 Å². The first-order valence-electron chi connectivity index (χ1n) is 13.1. The van der Waals surface area contributed by atoms with Crippen LogP contribution in [-0.4, -0.2) is 95.6 Å². The molecule has 6 atom stereocenters. The third-order valence-corrected chi connectivity index (χ3v) is 9.66. The lowest BCUT2D eigenvalue weighted by atomic mass is 9.97. The van der Waals surface area contributed by atoms with Crippen LogP contribution in [0.15, 0.2) is 12.7 Å². The first-order chi connectivity index (χ1) is 19.5. The molecule has 0 aromatic carbocycles. The predicted octanol–water partition coefficient (Wildman–Crippen LogP) is 2.01. The van der Waals surface area contributed by atoms with Gasteiger partial charge in [0.15, 0.2) is 22.8 Å². The van der Waals surface area contributed by atoms with Crippen molar-refractivity contribution in [2.45, 2.75) is 77.0 Å². The van der Waals surface area contributed by atoms with Crippen LogP contribution in [0.4, 0.5) is 5.82 Å². The van der Waals surface area contributed by atoms with Crippen molar-refractivity contribution in [2.24, 2.45) is 5.41 Å². The Bertz CT molecular complexity index is 1310. The number of anilines is 1. The Kier molecular flexibility index (Phi) is 11.4. The van der Waals surface area contributed by atoms with Crippen molar-refractivity contribution in [2.75, 3.05) is 31.3 Å². The summed E-state index contributed by atoms with van der Waals surface area (Å²) >= 11 is 7.63. The zero-order valence-corrected chi connectivity index (χ0v) is 26.7. The van der Waals surface area contributed by atoms with Crippen molar-refractivity contribution in [1.82, 2.24) is 24.6 Å². The molecule has 15 nitrogen and oxygen atoms in total. The Morgan fingerprint density at radius 1 is 1.31 bits per heavy atom. The van der Waals surface area contributed by atoms with E-state index in [0.29, 0.717) is 11.2 Å². The summed E-state index contributed by atoms with van der Waals surface area (Å²) in [5.74, 6) is -0.446. The maximum Gasteiger partial charge on any atom is 0.406 e. The van der Waals surface area contributed by atoms with Gasteiger partial charge in [-0.3, -0.25) is 23.2 Å². The number of nitrogen functional groups attached to an aromatic ring is 1. The van der Waals surface area contributed by atoms with E-state index in [2.05, 4.69) is 20.0 Å². The van der Waals surface area contributed by atoms with Gasteiger partial charge in [-0.1, -0.05) is 11.8 Å². The molecule has 0 spiro atoms. The van der Waals surface area contributed by atoms with Crippen LogP contribution in [-0.2, 0) is 32.7 Å². The van der Waals surface area contributed by atoms with Gasteiger partial charge in [0, 0.05) is 5.75 Å². The maximum absolute atomic E-state index is 13.7.